The van der Waals surface area contributed by atoms with Gasteiger partial charge in [0.05, 0.1) is 0 Å². The first kappa shape index (κ1) is 17.5. The van der Waals surface area contributed by atoms with E-state index in [1.807, 2.05) is 11.0 Å². The molecule has 0 saturated carbocycles. The number of nitrogens with zero attached hydrogens (tertiary/aromatic N) is 3. The maximum absolute atomic E-state index is 12.4. The van der Waals surface area contributed by atoms with Gasteiger partial charge in [-0.1, -0.05) is 17.7 Å². The van der Waals surface area contributed by atoms with Crippen LogP contribution < -0.4 is 0 Å². The van der Waals surface area contributed by atoms with Gasteiger partial charge in [0.15, 0.2) is 0 Å². The van der Waals surface area contributed by atoms with Crippen molar-refractivity contribution < 1.29 is 4.79 Å². The first-order valence-electron chi connectivity index (χ1n) is 8.87. The van der Waals surface area contributed by atoms with E-state index in [1.165, 1.54) is 11.3 Å². The zero-order valence-corrected chi connectivity index (χ0v) is 15.6. The van der Waals surface area contributed by atoms with Crippen LogP contribution in [0.5, 0.6) is 0 Å². The van der Waals surface area contributed by atoms with Gasteiger partial charge in [-0.3, -0.25) is 4.79 Å². The van der Waals surface area contributed by atoms with Gasteiger partial charge in [-0.05, 0) is 57.7 Å². The van der Waals surface area contributed by atoms with Crippen molar-refractivity contribution in [3.63, 3.8) is 0 Å². The molecule has 1 fully saturated rings. The Hall–Kier alpha value is -2.33. The highest BCUT2D eigenvalue weighted by Crippen LogP contribution is 2.22. The molecular formula is C21H27N3O. The summed E-state index contributed by atoms with van der Waals surface area (Å²) in [5.41, 5.74) is 5.84. The molecule has 132 valence electrons. The summed E-state index contributed by atoms with van der Waals surface area (Å²) in [5, 5.41) is 0. The highest BCUT2D eigenvalue weighted by atomic mass is 16.2. The number of carbonyl (C=O) groups is 1. The Morgan fingerprint density at radius 1 is 1.00 bits per heavy atom. The molecule has 1 aromatic carbocycles. The molecule has 25 heavy (non-hydrogen) atoms. The minimum Gasteiger partial charge on any atom is -0.337 e. The number of amides is 1. The molecule has 0 atom stereocenters. The summed E-state index contributed by atoms with van der Waals surface area (Å²) in [4.78, 5) is 16.6. The maximum Gasteiger partial charge on any atom is 0.246 e. The third-order valence-corrected chi connectivity index (χ3v) is 4.98. The SMILES string of the molecule is Cc1ccc(-n2c(C)cc(/C=C/C(=O)N3CCN(C)CC3)c2C)cc1. The number of aromatic nitrogens is 1. The van der Waals surface area contributed by atoms with Crippen LogP contribution >= 0.6 is 0 Å². The van der Waals surface area contributed by atoms with Gasteiger partial charge in [0.1, 0.15) is 0 Å². The second kappa shape index (κ2) is 7.28. The number of rotatable bonds is 3. The third kappa shape index (κ3) is 3.85. The van der Waals surface area contributed by atoms with Crippen molar-refractivity contribution >= 4 is 12.0 Å². The summed E-state index contributed by atoms with van der Waals surface area (Å²) < 4.78 is 2.24. The van der Waals surface area contributed by atoms with E-state index in [2.05, 4.69) is 67.6 Å². The number of likely N-dealkylation sites (N-methyl/N-ethyl adjacent to an activating group) is 1. The standard InChI is InChI=1S/C21H27N3O/c1-16-5-8-20(9-6-16)24-17(2)15-19(18(24)3)7-10-21(25)23-13-11-22(4)12-14-23/h5-10,15H,11-14H2,1-4H3/b10-7+. The molecule has 1 aliphatic heterocycles. The van der Waals surface area contributed by atoms with E-state index in [9.17, 15) is 4.79 Å². The summed E-state index contributed by atoms with van der Waals surface area (Å²) in [6.45, 7) is 9.81. The fraction of sp³-hybridized carbons (Fsp3) is 0.381. The Kier molecular flexibility index (Phi) is 5.09. The smallest absolute Gasteiger partial charge is 0.246 e. The number of carbonyl (C=O) groups excluding carboxylic acids is 1. The Balaban J connectivity index is 1.78. The van der Waals surface area contributed by atoms with Crippen LogP contribution in [0.4, 0.5) is 0 Å². The second-order valence-corrected chi connectivity index (χ2v) is 6.96. The number of hydrogen-bond donors (Lipinski definition) is 0. The molecule has 1 aromatic heterocycles. The van der Waals surface area contributed by atoms with Gasteiger partial charge in [0.25, 0.3) is 0 Å². The van der Waals surface area contributed by atoms with Gasteiger partial charge in [0.2, 0.25) is 5.91 Å². The average Bonchev–Trinajstić information content (AvgIpc) is 2.88. The van der Waals surface area contributed by atoms with Gasteiger partial charge >= 0.3 is 0 Å². The normalized spacial score (nSPS) is 15.9. The molecule has 0 spiro atoms. The first-order valence-corrected chi connectivity index (χ1v) is 8.87. The largest absolute Gasteiger partial charge is 0.337 e. The molecule has 0 N–H and O–H groups in total. The molecule has 0 unspecified atom stereocenters. The third-order valence-electron chi connectivity index (χ3n) is 4.98. The zero-order valence-electron chi connectivity index (χ0n) is 15.6. The quantitative estimate of drug-likeness (QED) is 0.805. The van der Waals surface area contributed by atoms with E-state index >= 15 is 0 Å². The Labute approximate surface area is 150 Å². The van der Waals surface area contributed by atoms with Gasteiger partial charge in [-0.2, -0.15) is 0 Å². The Morgan fingerprint density at radius 2 is 1.64 bits per heavy atom. The predicted octanol–water partition coefficient (Wildman–Crippen LogP) is 3.19. The number of aryl methyl sites for hydroxylation is 2. The van der Waals surface area contributed by atoms with E-state index in [4.69, 9.17) is 0 Å². The summed E-state index contributed by atoms with van der Waals surface area (Å²) in [6.07, 6.45) is 3.67. The van der Waals surface area contributed by atoms with Gasteiger partial charge < -0.3 is 14.4 Å². The molecular weight excluding hydrogens is 310 g/mol. The Bertz CT molecular complexity index is 778. The topological polar surface area (TPSA) is 28.5 Å². The second-order valence-electron chi connectivity index (χ2n) is 6.96. The van der Waals surface area contributed by atoms with E-state index in [-0.39, 0.29) is 5.91 Å². The lowest BCUT2D eigenvalue weighted by atomic mass is 10.2. The fourth-order valence-electron chi connectivity index (χ4n) is 3.34. The van der Waals surface area contributed by atoms with Crippen LogP contribution in [0.15, 0.2) is 36.4 Å². The molecule has 4 nitrogen and oxygen atoms in total. The summed E-state index contributed by atoms with van der Waals surface area (Å²) in [7, 11) is 2.09. The average molecular weight is 337 g/mol. The van der Waals surface area contributed by atoms with E-state index in [1.54, 1.807) is 6.08 Å². The molecule has 3 rings (SSSR count). The maximum atomic E-state index is 12.4. The summed E-state index contributed by atoms with van der Waals surface area (Å²) in [5.74, 6) is 0.105. The Morgan fingerprint density at radius 3 is 2.28 bits per heavy atom. The van der Waals surface area contributed by atoms with Crippen LogP contribution in [0.25, 0.3) is 11.8 Å². The van der Waals surface area contributed by atoms with E-state index in [0.717, 1.165) is 43.1 Å². The van der Waals surface area contributed by atoms with Crippen LogP contribution in [-0.2, 0) is 4.79 Å². The van der Waals surface area contributed by atoms with E-state index < -0.39 is 0 Å². The molecule has 1 amide bonds. The van der Waals surface area contributed by atoms with Crippen molar-refractivity contribution in [1.82, 2.24) is 14.4 Å². The molecule has 1 saturated heterocycles. The molecule has 0 aliphatic carbocycles. The lowest BCUT2D eigenvalue weighted by molar-refractivity contribution is -0.127. The molecule has 2 aromatic rings. The van der Waals surface area contributed by atoms with Crippen molar-refractivity contribution in [2.24, 2.45) is 0 Å². The molecule has 0 radical (unpaired) electrons. The number of piperazine rings is 1. The lowest BCUT2D eigenvalue weighted by Gasteiger charge is -2.31. The lowest BCUT2D eigenvalue weighted by Crippen LogP contribution is -2.46. The van der Waals surface area contributed by atoms with Crippen molar-refractivity contribution in [3.8, 4) is 5.69 Å². The predicted molar refractivity (Wildman–Crippen MR) is 103 cm³/mol. The van der Waals surface area contributed by atoms with Crippen molar-refractivity contribution in [2.45, 2.75) is 20.8 Å². The van der Waals surface area contributed by atoms with E-state index in [0.29, 0.717) is 0 Å². The highest BCUT2D eigenvalue weighted by Gasteiger charge is 2.17. The van der Waals surface area contributed by atoms with Gasteiger partial charge in [0, 0.05) is 49.3 Å². The fourth-order valence-corrected chi connectivity index (χ4v) is 3.34. The molecule has 4 heteroatoms. The van der Waals surface area contributed by atoms with Crippen molar-refractivity contribution in [3.05, 3.63) is 58.9 Å². The van der Waals surface area contributed by atoms with Crippen molar-refractivity contribution in [1.29, 1.82) is 0 Å². The summed E-state index contributed by atoms with van der Waals surface area (Å²) >= 11 is 0. The minimum absolute atomic E-state index is 0.105. The van der Waals surface area contributed by atoms with Crippen LogP contribution in [0.3, 0.4) is 0 Å². The summed E-state index contributed by atoms with van der Waals surface area (Å²) in [6, 6.07) is 10.7. The van der Waals surface area contributed by atoms with Crippen LogP contribution in [0, 0.1) is 20.8 Å². The monoisotopic (exact) mass is 337 g/mol. The first-order chi connectivity index (χ1) is 12.0. The van der Waals surface area contributed by atoms with Gasteiger partial charge in [-0.25, -0.2) is 0 Å². The number of benzene rings is 1. The van der Waals surface area contributed by atoms with Crippen molar-refractivity contribution in [2.75, 3.05) is 33.2 Å². The molecule has 2 heterocycles. The van der Waals surface area contributed by atoms with Crippen LogP contribution in [0.1, 0.15) is 22.5 Å². The van der Waals surface area contributed by atoms with Crippen LogP contribution in [-0.4, -0.2) is 53.5 Å². The minimum atomic E-state index is 0.105. The highest BCUT2D eigenvalue weighted by molar-refractivity contribution is 5.92. The van der Waals surface area contributed by atoms with Gasteiger partial charge in [-0.15, -0.1) is 0 Å². The molecule has 0 bridgehead atoms. The molecule has 1 aliphatic rings. The van der Waals surface area contributed by atoms with Crippen LogP contribution in [0.2, 0.25) is 0 Å². The zero-order chi connectivity index (χ0) is 18.0. The number of hydrogen-bond acceptors (Lipinski definition) is 2.